The SMILES string of the molecule is C=C.CCC(C)(CC)OOC(=O)CC(=O)O. The van der Waals surface area contributed by atoms with Crippen molar-refractivity contribution in [2.75, 3.05) is 0 Å². The van der Waals surface area contributed by atoms with Gasteiger partial charge in [0.15, 0.2) is 0 Å². The molecule has 5 nitrogen and oxygen atoms in total. The van der Waals surface area contributed by atoms with Crippen LogP contribution in [-0.4, -0.2) is 22.6 Å². The summed E-state index contributed by atoms with van der Waals surface area (Å²) in [6.07, 6.45) is 0.692. The van der Waals surface area contributed by atoms with Crippen molar-refractivity contribution in [2.24, 2.45) is 0 Å². The Balaban J connectivity index is 0. The van der Waals surface area contributed by atoms with Crippen LogP contribution >= 0.6 is 0 Å². The summed E-state index contributed by atoms with van der Waals surface area (Å²) in [6, 6.07) is 0. The molecule has 0 aromatic rings. The summed E-state index contributed by atoms with van der Waals surface area (Å²) in [5, 5.41) is 8.27. The van der Waals surface area contributed by atoms with E-state index in [-0.39, 0.29) is 0 Å². The Morgan fingerprint density at radius 2 is 1.69 bits per heavy atom. The molecule has 1 N–H and O–H groups in total. The average Bonchev–Trinajstić information content (AvgIpc) is 2.28. The summed E-state index contributed by atoms with van der Waals surface area (Å²) in [5.74, 6) is -2.11. The van der Waals surface area contributed by atoms with Gasteiger partial charge >= 0.3 is 11.9 Å². The maximum Gasteiger partial charge on any atom is 0.353 e. The molecule has 0 aromatic carbocycles. The molecule has 0 saturated heterocycles. The van der Waals surface area contributed by atoms with Crippen molar-refractivity contribution in [3.8, 4) is 0 Å². The molecule has 0 aliphatic rings. The minimum Gasteiger partial charge on any atom is -0.481 e. The zero-order valence-corrected chi connectivity index (χ0v) is 10.1. The summed E-state index contributed by atoms with van der Waals surface area (Å²) in [6.45, 7) is 11.6. The van der Waals surface area contributed by atoms with Crippen molar-refractivity contribution < 1.29 is 24.5 Å². The third-order valence-corrected chi connectivity index (χ3v) is 2.13. The molecule has 0 aliphatic heterocycles. The van der Waals surface area contributed by atoms with E-state index in [0.717, 1.165) is 0 Å². The molecule has 5 heteroatoms. The third-order valence-electron chi connectivity index (χ3n) is 2.13. The highest BCUT2D eigenvalue weighted by molar-refractivity contribution is 5.89. The maximum absolute atomic E-state index is 10.8. The van der Waals surface area contributed by atoms with Crippen molar-refractivity contribution in [3.63, 3.8) is 0 Å². The molecule has 0 spiro atoms. The van der Waals surface area contributed by atoms with Crippen molar-refractivity contribution in [3.05, 3.63) is 13.2 Å². The van der Waals surface area contributed by atoms with Gasteiger partial charge in [-0.15, -0.1) is 13.2 Å². The predicted molar refractivity (Wildman–Crippen MR) is 59.7 cm³/mol. The smallest absolute Gasteiger partial charge is 0.353 e. The lowest BCUT2D eigenvalue weighted by Crippen LogP contribution is -2.28. The van der Waals surface area contributed by atoms with Crippen LogP contribution in [0.3, 0.4) is 0 Å². The third kappa shape index (κ3) is 7.99. The highest BCUT2D eigenvalue weighted by Crippen LogP contribution is 2.19. The number of carboxylic acids is 1. The van der Waals surface area contributed by atoms with E-state index in [4.69, 9.17) is 9.99 Å². The van der Waals surface area contributed by atoms with E-state index in [1.54, 1.807) is 6.92 Å². The lowest BCUT2D eigenvalue weighted by atomic mass is 10.0. The fraction of sp³-hybridized carbons (Fsp3) is 0.636. The summed E-state index contributed by atoms with van der Waals surface area (Å²) in [7, 11) is 0. The van der Waals surface area contributed by atoms with Crippen molar-refractivity contribution >= 4 is 11.9 Å². The van der Waals surface area contributed by atoms with Gasteiger partial charge in [-0.25, -0.2) is 4.79 Å². The minimum atomic E-state index is -1.23. The lowest BCUT2D eigenvalue weighted by molar-refractivity contribution is -0.330. The second-order valence-electron chi connectivity index (χ2n) is 3.27. The molecule has 0 bridgehead atoms. The summed E-state index contributed by atoms with van der Waals surface area (Å²) in [5.41, 5.74) is -0.534. The van der Waals surface area contributed by atoms with E-state index in [2.05, 4.69) is 18.0 Å². The molecule has 0 rings (SSSR count). The van der Waals surface area contributed by atoms with E-state index >= 15 is 0 Å². The highest BCUT2D eigenvalue weighted by Gasteiger charge is 2.24. The fourth-order valence-electron chi connectivity index (χ4n) is 0.668. The van der Waals surface area contributed by atoms with Crippen molar-refractivity contribution in [1.29, 1.82) is 0 Å². The van der Waals surface area contributed by atoms with Gasteiger partial charge in [-0.3, -0.25) is 9.68 Å². The van der Waals surface area contributed by atoms with Gasteiger partial charge in [0, 0.05) is 0 Å². The van der Waals surface area contributed by atoms with E-state index < -0.39 is 24.0 Å². The number of carboxylic acid groups (broad SMARTS) is 1. The van der Waals surface area contributed by atoms with Gasteiger partial charge in [0.25, 0.3) is 0 Å². The Kier molecular flexibility index (Phi) is 9.49. The second-order valence-corrected chi connectivity index (χ2v) is 3.27. The average molecular weight is 232 g/mol. The molecule has 0 saturated carbocycles. The van der Waals surface area contributed by atoms with Crippen LogP contribution in [0.1, 0.15) is 40.0 Å². The topological polar surface area (TPSA) is 72.8 Å². The quantitative estimate of drug-likeness (QED) is 0.329. The van der Waals surface area contributed by atoms with Gasteiger partial charge in [-0.05, 0) is 19.8 Å². The van der Waals surface area contributed by atoms with E-state index in [0.29, 0.717) is 12.8 Å². The Hall–Kier alpha value is -1.36. The van der Waals surface area contributed by atoms with Crippen molar-refractivity contribution in [1.82, 2.24) is 0 Å². The summed E-state index contributed by atoms with van der Waals surface area (Å²) in [4.78, 5) is 30.2. The van der Waals surface area contributed by atoms with Gasteiger partial charge in [0.2, 0.25) is 0 Å². The minimum absolute atomic E-state index is 0.534. The van der Waals surface area contributed by atoms with E-state index in [9.17, 15) is 9.59 Å². The first-order valence-electron chi connectivity index (χ1n) is 5.04. The lowest BCUT2D eigenvalue weighted by Gasteiger charge is -2.23. The molecule has 0 heterocycles. The Bertz CT molecular complexity index is 220. The van der Waals surface area contributed by atoms with Crippen LogP contribution in [-0.2, 0) is 19.4 Å². The number of hydrogen-bond acceptors (Lipinski definition) is 4. The summed E-state index contributed by atoms with van der Waals surface area (Å²) >= 11 is 0. The first-order valence-corrected chi connectivity index (χ1v) is 5.04. The first kappa shape index (κ1) is 17.0. The molecule has 0 unspecified atom stereocenters. The zero-order chi connectivity index (χ0) is 13.2. The number of carbonyl (C=O) groups excluding carboxylic acids is 1. The van der Waals surface area contributed by atoms with Crippen LogP contribution in [0.15, 0.2) is 13.2 Å². The zero-order valence-electron chi connectivity index (χ0n) is 10.1. The van der Waals surface area contributed by atoms with Crippen LogP contribution in [0.25, 0.3) is 0 Å². The number of rotatable bonds is 6. The van der Waals surface area contributed by atoms with Gasteiger partial charge in [-0.1, -0.05) is 13.8 Å². The maximum atomic E-state index is 10.8. The van der Waals surface area contributed by atoms with Crippen LogP contribution < -0.4 is 0 Å². The monoisotopic (exact) mass is 232 g/mol. The largest absolute Gasteiger partial charge is 0.481 e. The highest BCUT2D eigenvalue weighted by atomic mass is 17.2. The molecule has 0 aliphatic carbocycles. The summed E-state index contributed by atoms with van der Waals surface area (Å²) < 4.78 is 0. The Morgan fingerprint density at radius 1 is 1.25 bits per heavy atom. The van der Waals surface area contributed by atoms with Crippen molar-refractivity contribution in [2.45, 2.75) is 45.6 Å². The molecule has 0 fully saturated rings. The molecular formula is C11H20O5. The first-order chi connectivity index (χ1) is 7.43. The van der Waals surface area contributed by atoms with E-state index in [1.807, 2.05) is 13.8 Å². The van der Waals surface area contributed by atoms with Crippen LogP contribution in [0, 0.1) is 0 Å². The Labute approximate surface area is 96.0 Å². The number of carbonyl (C=O) groups is 2. The second kappa shape index (κ2) is 8.91. The van der Waals surface area contributed by atoms with Gasteiger partial charge < -0.3 is 5.11 Å². The number of aliphatic carboxylic acids is 1. The van der Waals surface area contributed by atoms with Crippen LogP contribution in [0.4, 0.5) is 0 Å². The Morgan fingerprint density at radius 3 is 2.00 bits per heavy atom. The standard InChI is InChI=1S/C9H16O5.C2H4/c1-4-9(3,5-2)14-13-8(12)6-7(10)11;1-2/h4-6H2,1-3H3,(H,10,11);1-2H2. The van der Waals surface area contributed by atoms with Gasteiger partial charge in [0.1, 0.15) is 12.0 Å². The van der Waals surface area contributed by atoms with Gasteiger partial charge in [-0.2, -0.15) is 4.89 Å². The molecule has 0 aromatic heterocycles. The molecule has 94 valence electrons. The molecule has 0 amide bonds. The predicted octanol–water partition coefficient (Wildman–Crippen LogP) is 2.32. The number of hydrogen-bond donors (Lipinski definition) is 1. The molecule has 0 radical (unpaired) electrons. The van der Waals surface area contributed by atoms with Gasteiger partial charge in [0.05, 0.1) is 0 Å². The molecule has 0 atom stereocenters. The molecular weight excluding hydrogens is 212 g/mol. The fourth-order valence-corrected chi connectivity index (χ4v) is 0.668. The van der Waals surface area contributed by atoms with E-state index in [1.165, 1.54) is 0 Å². The normalized spacial score (nSPS) is 9.94. The van der Waals surface area contributed by atoms with Crippen LogP contribution in [0.2, 0.25) is 0 Å². The molecule has 16 heavy (non-hydrogen) atoms. The van der Waals surface area contributed by atoms with Crippen LogP contribution in [0.5, 0.6) is 0 Å².